The summed E-state index contributed by atoms with van der Waals surface area (Å²) < 4.78 is 0. The Labute approximate surface area is 200 Å². The maximum Gasteiger partial charge on any atom is 0.224 e. The Morgan fingerprint density at radius 2 is 1.79 bits per heavy atom. The molecule has 0 aliphatic carbocycles. The third-order valence-corrected chi connectivity index (χ3v) is 7.68. The van der Waals surface area contributed by atoms with Crippen molar-refractivity contribution >= 4 is 17.7 Å². The minimum absolute atomic E-state index is 0.363. The van der Waals surface area contributed by atoms with Crippen molar-refractivity contribution < 1.29 is 4.79 Å². The number of carbonyl (C=O) groups excluding carboxylic acids is 1. The fourth-order valence-corrected chi connectivity index (χ4v) is 5.70. The standard InChI is InChI=1S/C26H44N6O/c1-2-3-6-11-25(33)31-19-13-23(14-20-31)32-18-9-10-22(21-32)28-26-27-15-12-24(29-26)30-16-7-4-5-8-17-30/h12,15,22-23H,2-11,13-14,16-21H2,1H3,(H,27,28,29). The summed E-state index contributed by atoms with van der Waals surface area (Å²) in [7, 11) is 0. The van der Waals surface area contributed by atoms with E-state index in [4.69, 9.17) is 4.98 Å². The molecule has 1 unspecified atom stereocenters. The highest BCUT2D eigenvalue weighted by atomic mass is 16.2. The maximum absolute atomic E-state index is 12.5. The van der Waals surface area contributed by atoms with Crippen molar-refractivity contribution in [2.75, 3.05) is 49.5 Å². The van der Waals surface area contributed by atoms with Crippen molar-refractivity contribution in [2.24, 2.45) is 0 Å². The SMILES string of the molecule is CCCCCC(=O)N1CCC(N2CCCC(Nc3nccc(N4CCCCCC4)n3)C2)CC1. The van der Waals surface area contributed by atoms with Crippen molar-refractivity contribution in [1.82, 2.24) is 19.8 Å². The first-order chi connectivity index (χ1) is 16.2. The zero-order chi connectivity index (χ0) is 22.9. The van der Waals surface area contributed by atoms with Gasteiger partial charge in [-0.05, 0) is 57.6 Å². The molecule has 0 radical (unpaired) electrons. The van der Waals surface area contributed by atoms with Crippen LogP contribution in [0.15, 0.2) is 12.3 Å². The molecule has 4 heterocycles. The molecule has 184 valence electrons. The van der Waals surface area contributed by atoms with E-state index in [9.17, 15) is 4.79 Å². The smallest absolute Gasteiger partial charge is 0.224 e. The molecule has 4 rings (SSSR count). The largest absolute Gasteiger partial charge is 0.356 e. The first kappa shape index (κ1) is 24.2. The minimum atomic E-state index is 0.363. The quantitative estimate of drug-likeness (QED) is 0.588. The van der Waals surface area contributed by atoms with Gasteiger partial charge in [0, 0.05) is 57.4 Å². The zero-order valence-corrected chi connectivity index (χ0v) is 20.7. The molecular formula is C26H44N6O. The molecule has 3 aliphatic heterocycles. The zero-order valence-electron chi connectivity index (χ0n) is 20.7. The van der Waals surface area contributed by atoms with E-state index >= 15 is 0 Å². The molecule has 33 heavy (non-hydrogen) atoms. The van der Waals surface area contributed by atoms with Gasteiger partial charge in [0.1, 0.15) is 5.82 Å². The molecule has 1 aromatic rings. The van der Waals surface area contributed by atoms with Crippen LogP contribution in [-0.4, -0.2) is 77.0 Å². The van der Waals surface area contributed by atoms with Gasteiger partial charge in [0.15, 0.2) is 0 Å². The van der Waals surface area contributed by atoms with Crippen molar-refractivity contribution in [3.05, 3.63) is 12.3 Å². The summed E-state index contributed by atoms with van der Waals surface area (Å²) in [5, 5.41) is 3.65. The van der Waals surface area contributed by atoms with Crippen LogP contribution < -0.4 is 10.2 Å². The topological polar surface area (TPSA) is 64.6 Å². The number of nitrogens with one attached hydrogen (secondary N) is 1. The van der Waals surface area contributed by atoms with E-state index in [0.29, 0.717) is 18.0 Å². The fraction of sp³-hybridized carbons (Fsp3) is 0.808. The predicted molar refractivity (Wildman–Crippen MR) is 135 cm³/mol. The van der Waals surface area contributed by atoms with Gasteiger partial charge in [-0.2, -0.15) is 4.98 Å². The van der Waals surface area contributed by atoms with Gasteiger partial charge in [0.05, 0.1) is 0 Å². The van der Waals surface area contributed by atoms with Gasteiger partial charge in [-0.1, -0.05) is 32.6 Å². The number of aromatic nitrogens is 2. The molecule has 7 nitrogen and oxygen atoms in total. The van der Waals surface area contributed by atoms with Crippen molar-refractivity contribution in [3.8, 4) is 0 Å². The van der Waals surface area contributed by atoms with E-state index in [-0.39, 0.29) is 0 Å². The lowest BCUT2D eigenvalue weighted by atomic mass is 9.97. The number of anilines is 2. The number of hydrogen-bond acceptors (Lipinski definition) is 6. The first-order valence-electron chi connectivity index (χ1n) is 13.6. The second-order valence-corrected chi connectivity index (χ2v) is 10.2. The van der Waals surface area contributed by atoms with Crippen LogP contribution in [0.3, 0.4) is 0 Å². The average molecular weight is 457 g/mol. The lowest BCUT2D eigenvalue weighted by Crippen LogP contribution is -2.51. The molecule has 0 aromatic carbocycles. The molecule has 1 N–H and O–H groups in total. The Hall–Kier alpha value is -1.89. The molecule has 3 aliphatic rings. The summed E-state index contributed by atoms with van der Waals surface area (Å²) in [4.78, 5) is 29.0. The van der Waals surface area contributed by atoms with Crippen LogP contribution in [0.5, 0.6) is 0 Å². The average Bonchev–Trinajstić information content (AvgIpc) is 3.14. The van der Waals surface area contributed by atoms with E-state index in [1.54, 1.807) is 0 Å². The Bertz CT molecular complexity index is 727. The van der Waals surface area contributed by atoms with Crippen molar-refractivity contribution in [2.45, 2.75) is 96.1 Å². The second-order valence-electron chi connectivity index (χ2n) is 10.2. The van der Waals surface area contributed by atoms with Crippen LogP contribution >= 0.6 is 0 Å². The van der Waals surface area contributed by atoms with E-state index < -0.39 is 0 Å². The molecule has 3 saturated heterocycles. The summed E-state index contributed by atoms with van der Waals surface area (Å²) in [6.45, 7) is 8.46. The summed E-state index contributed by atoms with van der Waals surface area (Å²) in [5.41, 5.74) is 0. The molecule has 7 heteroatoms. The number of carbonyl (C=O) groups is 1. The Balaban J connectivity index is 1.25. The Morgan fingerprint density at radius 1 is 1.00 bits per heavy atom. The molecular weight excluding hydrogens is 412 g/mol. The normalized spacial score (nSPS) is 23.4. The fourth-order valence-electron chi connectivity index (χ4n) is 5.70. The van der Waals surface area contributed by atoms with Gasteiger partial charge in [0.2, 0.25) is 11.9 Å². The molecule has 0 bridgehead atoms. The van der Waals surface area contributed by atoms with E-state index in [1.165, 1.54) is 51.5 Å². The van der Waals surface area contributed by atoms with Crippen molar-refractivity contribution in [1.29, 1.82) is 0 Å². The van der Waals surface area contributed by atoms with Crippen LogP contribution in [0.25, 0.3) is 0 Å². The summed E-state index contributed by atoms with van der Waals surface area (Å²) >= 11 is 0. The number of nitrogens with zero attached hydrogens (tertiary/aromatic N) is 5. The lowest BCUT2D eigenvalue weighted by molar-refractivity contribution is -0.133. The van der Waals surface area contributed by atoms with E-state index in [2.05, 4.69) is 38.0 Å². The molecule has 3 fully saturated rings. The first-order valence-corrected chi connectivity index (χ1v) is 13.6. The highest BCUT2D eigenvalue weighted by Gasteiger charge is 2.30. The molecule has 1 aromatic heterocycles. The third-order valence-electron chi connectivity index (χ3n) is 7.68. The summed E-state index contributed by atoms with van der Waals surface area (Å²) in [6.07, 6.45) is 15.8. The second kappa shape index (κ2) is 12.5. The van der Waals surface area contributed by atoms with Gasteiger partial charge in [-0.15, -0.1) is 0 Å². The van der Waals surface area contributed by atoms with Gasteiger partial charge < -0.3 is 15.1 Å². The van der Waals surface area contributed by atoms with Gasteiger partial charge in [-0.3, -0.25) is 9.69 Å². The minimum Gasteiger partial charge on any atom is -0.356 e. The van der Waals surface area contributed by atoms with Gasteiger partial charge in [0.25, 0.3) is 0 Å². The number of rotatable bonds is 8. The number of piperidine rings is 2. The summed E-state index contributed by atoms with van der Waals surface area (Å²) in [6, 6.07) is 3.05. The van der Waals surface area contributed by atoms with Crippen LogP contribution in [0, 0.1) is 0 Å². The van der Waals surface area contributed by atoms with E-state index in [1.807, 2.05) is 6.20 Å². The van der Waals surface area contributed by atoms with Gasteiger partial charge in [-0.25, -0.2) is 4.98 Å². The number of amides is 1. The number of unbranched alkanes of at least 4 members (excludes halogenated alkanes) is 2. The predicted octanol–water partition coefficient (Wildman–Crippen LogP) is 4.30. The monoisotopic (exact) mass is 456 g/mol. The van der Waals surface area contributed by atoms with Crippen LogP contribution in [0.4, 0.5) is 11.8 Å². The highest BCUT2D eigenvalue weighted by Crippen LogP contribution is 2.24. The Kier molecular flexibility index (Phi) is 9.21. The van der Waals surface area contributed by atoms with Gasteiger partial charge >= 0.3 is 0 Å². The molecule has 1 amide bonds. The van der Waals surface area contributed by atoms with Crippen LogP contribution in [-0.2, 0) is 4.79 Å². The van der Waals surface area contributed by atoms with E-state index in [0.717, 1.165) is 76.6 Å². The highest BCUT2D eigenvalue weighted by molar-refractivity contribution is 5.76. The van der Waals surface area contributed by atoms with Crippen LogP contribution in [0.2, 0.25) is 0 Å². The number of likely N-dealkylation sites (tertiary alicyclic amines) is 2. The molecule has 0 saturated carbocycles. The van der Waals surface area contributed by atoms with Crippen molar-refractivity contribution in [3.63, 3.8) is 0 Å². The third kappa shape index (κ3) is 7.05. The summed E-state index contributed by atoms with van der Waals surface area (Å²) in [5.74, 6) is 2.20. The number of hydrogen-bond donors (Lipinski definition) is 1. The lowest BCUT2D eigenvalue weighted by Gasteiger charge is -2.42. The molecule has 0 spiro atoms. The molecule has 1 atom stereocenters. The van der Waals surface area contributed by atoms with Crippen LogP contribution in [0.1, 0.15) is 84.0 Å². The maximum atomic E-state index is 12.5. The Morgan fingerprint density at radius 3 is 2.55 bits per heavy atom.